The van der Waals surface area contributed by atoms with Crippen molar-refractivity contribution in [3.05, 3.63) is 46.2 Å². The van der Waals surface area contributed by atoms with Crippen LogP contribution in [0.1, 0.15) is 28.0 Å². The van der Waals surface area contributed by atoms with Gasteiger partial charge in [-0.05, 0) is 42.5 Å². The van der Waals surface area contributed by atoms with E-state index in [0.29, 0.717) is 11.7 Å². The van der Waals surface area contributed by atoms with Crippen LogP contribution in [-0.4, -0.2) is 18.0 Å². The Hall–Kier alpha value is -2.18. The van der Waals surface area contributed by atoms with Gasteiger partial charge in [0, 0.05) is 24.3 Å². The number of hydrogen-bond acceptors (Lipinski definition) is 5. The summed E-state index contributed by atoms with van der Waals surface area (Å²) in [6.07, 6.45) is 7.13. The second-order valence-corrected chi connectivity index (χ2v) is 7.14. The van der Waals surface area contributed by atoms with Crippen LogP contribution in [0.25, 0.3) is 11.0 Å². The quantitative estimate of drug-likeness (QED) is 0.768. The third-order valence-corrected chi connectivity index (χ3v) is 5.19. The summed E-state index contributed by atoms with van der Waals surface area (Å²) in [5, 5.41) is 4.49. The van der Waals surface area contributed by atoms with Crippen LogP contribution in [0.3, 0.4) is 0 Å². The van der Waals surface area contributed by atoms with Crippen molar-refractivity contribution in [2.24, 2.45) is 0 Å². The average molecular weight is 342 g/mol. The van der Waals surface area contributed by atoms with Crippen LogP contribution in [0.15, 0.2) is 29.0 Å². The number of furan rings is 1. The van der Waals surface area contributed by atoms with E-state index in [0.717, 1.165) is 34.3 Å². The predicted octanol–water partition coefficient (Wildman–Crippen LogP) is 3.71. The molecule has 1 aromatic carbocycles. The summed E-state index contributed by atoms with van der Waals surface area (Å²) < 4.78 is 10.7. The van der Waals surface area contributed by atoms with Crippen LogP contribution < -0.4 is 5.32 Å². The number of rotatable bonds is 5. The minimum Gasteiger partial charge on any atom is -0.464 e. The fourth-order valence-electron chi connectivity index (χ4n) is 3.20. The summed E-state index contributed by atoms with van der Waals surface area (Å²) in [6.45, 7) is 0.505. The molecule has 1 N–H and O–H groups in total. The average Bonchev–Trinajstić information content (AvgIpc) is 3.27. The van der Waals surface area contributed by atoms with Crippen LogP contribution in [0, 0.1) is 0 Å². The molecule has 2 aromatic heterocycles. The summed E-state index contributed by atoms with van der Waals surface area (Å²) in [4.78, 5) is 17.5. The lowest BCUT2D eigenvalue weighted by atomic mass is 10.0. The van der Waals surface area contributed by atoms with Crippen molar-refractivity contribution in [3.8, 4) is 0 Å². The molecular weight excluding hydrogens is 324 g/mol. The second kappa shape index (κ2) is 6.37. The molecule has 1 aliphatic carbocycles. The van der Waals surface area contributed by atoms with E-state index in [9.17, 15) is 4.79 Å². The van der Waals surface area contributed by atoms with Crippen LogP contribution in [0.2, 0.25) is 0 Å². The number of methoxy groups -OCH3 is 1. The van der Waals surface area contributed by atoms with Crippen LogP contribution in [0.4, 0.5) is 5.13 Å². The zero-order chi connectivity index (χ0) is 16.5. The first-order valence-electron chi connectivity index (χ1n) is 7.98. The number of nitrogens with zero attached hydrogens (tertiary/aromatic N) is 1. The Balaban J connectivity index is 1.50. The second-order valence-electron chi connectivity index (χ2n) is 6.02. The highest BCUT2D eigenvalue weighted by Gasteiger charge is 2.17. The van der Waals surface area contributed by atoms with Gasteiger partial charge in [-0.1, -0.05) is 11.3 Å². The van der Waals surface area contributed by atoms with Gasteiger partial charge in [-0.15, -0.1) is 0 Å². The molecule has 5 nitrogen and oxygen atoms in total. The first kappa shape index (κ1) is 15.4. The molecule has 3 aromatic rings. The molecule has 0 atom stereocenters. The van der Waals surface area contributed by atoms with E-state index in [1.54, 1.807) is 19.6 Å². The van der Waals surface area contributed by atoms with E-state index in [1.807, 2.05) is 0 Å². The molecular formula is C18H18N2O3S. The Kier molecular flexibility index (Phi) is 4.08. The maximum Gasteiger partial charge on any atom is 0.230 e. The number of thiazole rings is 1. The van der Waals surface area contributed by atoms with Crippen LogP contribution in [-0.2, 0) is 35.4 Å². The lowest BCUT2D eigenvalue weighted by molar-refractivity contribution is -0.115. The van der Waals surface area contributed by atoms with Crippen molar-refractivity contribution in [2.75, 3.05) is 12.4 Å². The van der Waals surface area contributed by atoms with E-state index in [-0.39, 0.29) is 12.3 Å². The summed E-state index contributed by atoms with van der Waals surface area (Å²) in [6, 6.07) is 4.31. The van der Waals surface area contributed by atoms with Gasteiger partial charge in [0.05, 0.1) is 24.2 Å². The third kappa shape index (κ3) is 2.95. The number of amides is 1. The van der Waals surface area contributed by atoms with Crippen molar-refractivity contribution >= 4 is 33.3 Å². The normalized spacial score (nSPS) is 13.4. The van der Waals surface area contributed by atoms with Crippen molar-refractivity contribution in [2.45, 2.75) is 32.3 Å². The van der Waals surface area contributed by atoms with Gasteiger partial charge in [0.25, 0.3) is 0 Å². The monoisotopic (exact) mass is 342 g/mol. The minimum atomic E-state index is -0.0866. The van der Waals surface area contributed by atoms with Gasteiger partial charge in [-0.2, -0.15) is 0 Å². The Morgan fingerprint density at radius 2 is 2.21 bits per heavy atom. The van der Waals surface area contributed by atoms with Gasteiger partial charge in [-0.25, -0.2) is 4.98 Å². The molecule has 6 heteroatoms. The number of benzene rings is 1. The summed E-state index contributed by atoms with van der Waals surface area (Å²) in [5.41, 5.74) is 4.55. The van der Waals surface area contributed by atoms with Gasteiger partial charge >= 0.3 is 0 Å². The highest BCUT2D eigenvalue weighted by molar-refractivity contribution is 7.15. The number of aryl methyl sites for hydroxylation is 2. The first-order chi connectivity index (χ1) is 11.7. The van der Waals surface area contributed by atoms with Crippen molar-refractivity contribution in [1.29, 1.82) is 0 Å². The number of anilines is 1. The Morgan fingerprint density at radius 3 is 3.04 bits per heavy atom. The molecule has 0 unspecified atom stereocenters. The Bertz CT molecular complexity index is 897. The molecule has 0 saturated heterocycles. The number of carbonyl (C=O) groups excluding carboxylic acids is 1. The molecule has 2 heterocycles. The molecule has 0 aliphatic heterocycles. The number of ether oxygens (including phenoxy) is 1. The predicted molar refractivity (Wildman–Crippen MR) is 93.4 cm³/mol. The van der Waals surface area contributed by atoms with Gasteiger partial charge in [0.1, 0.15) is 5.58 Å². The fraction of sp³-hybridized carbons (Fsp3) is 0.333. The van der Waals surface area contributed by atoms with Gasteiger partial charge in [-0.3, -0.25) is 4.79 Å². The topological polar surface area (TPSA) is 64.4 Å². The molecule has 24 heavy (non-hydrogen) atoms. The summed E-state index contributed by atoms with van der Waals surface area (Å²) >= 11 is 1.43. The molecule has 1 aliphatic rings. The maximum atomic E-state index is 12.3. The summed E-state index contributed by atoms with van der Waals surface area (Å²) in [5.74, 6) is -0.0866. The van der Waals surface area contributed by atoms with Gasteiger partial charge < -0.3 is 14.5 Å². The molecule has 1 amide bonds. The number of carbonyl (C=O) groups is 1. The molecule has 0 fully saturated rings. The highest BCUT2D eigenvalue weighted by atomic mass is 32.1. The number of fused-ring (bicyclic) bond motifs is 2. The zero-order valence-corrected chi connectivity index (χ0v) is 14.2. The molecule has 0 saturated carbocycles. The zero-order valence-electron chi connectivity index (χ0n) is 13.4. The lowest BCUT2D eigenvalue weighted by Crippen LogP contribution is -2.13. The Labute approximate surface area is 143 Å². The fourth-order valence-corrected chi connectivity index (χ4v) is 4.00. The van der Waals surface area contributed by atoms with Crippen molar-refractivity contribution < 1.29 is 13.9 Å². The van der Waals surface area contributed by atoms with Crippen LogP contribution >= 0.6 is 11.3 Å². The summed E-state index contributed by atoms with van der Waals surface area (Å²) in [7, 11) is 1.64. The molecule has 4 rings (SSSR count). The number of hydrogen-bond donors (Lipinski definition) is 1. The highest BCUT2D eigenvalue weighted by Crippen LogP contribution is 2.30. The Morgan fingerprint density at radius 1 is 1.38 bits per heavy atom. The SMILES string of the molecule is COCc1cnc(NC(=O)Cc2coc3cc4c(cc23)CCC4)s1. The number of aromatic nitrogens is 1. The van der Waals surface area contributed by atoms with Crippen LogP contribution in [0.5, 0.6) is 0 Å². The van der Waals surface area contributed by atoms with E-state index in [1.165, 1.54) is 28.9 Å². The van der Waals surface area contributed by atoms with E-state index >= 15 is 0 Å². The van der Waals surface area contributed by atoms with Gasteiger partial charge in [0.15, 0.2) is 5.13 Å². The smallest absolute Gasteiger partial charge is 0.230 e. The molecule has 0 spiro atoms. The van der Waals surface area contributed by atoms with Crippen molar-refractivity contribution in [1.82, 2.24) is 4.98 Å². The standard InChI is InChI=1S/C18H18N2O3S/c1-22-10-14-8-19-18(24-14)20-17(21)7-13-9-23-16-6-12-4-2-3-11(12)5-15(13)16/h5-6,8-9H,2-4,7,10H2,1H3,(H,19,20,21). The molecule has 124 valence electrons. The molecule has 0 bridgehead atoms. The van der Waals surface area contributed by atoms with Gasteiger partial charge in [0.2, 0.25) is 5.91 Å². The molecule has 0 radical (unpaired) electrons. The maximum absolute atomic E-state index is 12.3. The minimum absolute atomic E-state index is 0.0866. The van der Waals surface area contributed by atoms with E-state index < -0.39 is 0 Å². The van der Waals surface area contributed by atoms with Crippen molar-refractivity contribution in [3.63, 3.8) is 0 Å². The first-order valence-corrected chi connectivity index (χ1v) is 8.80. The van der Waals surface area contributed by atoms with E-state index in [4.69, 9.17) is 9.15 Å². The lowest BCUT2D eigenvalue weighted by Gasteiger charge is -2.02. The third-order valence-electron chi connectivity index (χ3n) is 4.31. The largest absolute Gasteiger partial charge is 0.464 e. The van der Waals surface area contributed by atoms with E-state index in [2.05, 4.69) is 22.4 Å². The number of nitrogens with one attached hydrogen (secondary N) is 1.